The van der Waals surface area contributed by atoms with E-state index in [1.54, 1.807) is 13.8 Å². The zero-order valence-corrected chi connectivity index (χ0v) is 50.9. The van der Waals surface area contributed by atoms with Crippen molar-refractivity contribution >= 4 is 59.7 Å². The van der Waals surface area contributed by atoms with Gasteiger partial charge in [0.2, 0.25) is 0 Å². The molecule has 6 saturated heterocycles. The summed E-state index contributed by atoms with van der Waals surface area (Å²) in [5, 5.41) is 0. The van der Waals surface area contributed by atoms with Gasteiger partial charge in [0.25, 0.3) is 0 Å². The summed E-state index contributed by atoms with van der Waals surface area (Å²) in [6.45, 7) is 25.8. The van der Waals surface area contributed by atoms with E-state index in [0.717, 1.165) is 44.9 Å². The van der Waals surface area contributed by atoms with Crippen LogP contribution in [0.15, 0.2) is 0 Å². The fourth-order valence-electron chi connectivity index (χ4n) is 14.5. The zero-order chi connectivity index (χ0) is 60.8. The van der Waals surface area contributed by atoms with Gasteiger partial charge < -0.3 is 52.1 Å². The van der Waals surface area contributed by atoms with Crippen LogP contribution in [0.3, 0.4) is 0 Å². The lowest BCUT2D eigenvalue weighted by Crippen LogP contribution is -2.52. The van der Waals surface area contributed by atoms with E-state index in [0.29, 0.717) is 25.7 Å². The van der Waals surface area contributed by atoms with Crippen molar-refractivity contribution in [2.45, 2.75) is 234 Å². The average Bonchev–Trinajstić information content (AvgIpc) is 3.25. The summed E-state index contributed by atoms with van der Waals surface area (Å²) >= 11 is 0. The largest absolute Gasteiger partial charge is 0.465 e. The molecule has 8 bridgehead atoms. The molecule has 21 nitrogen and oxygen atoms in total. The smallest absolute Gasteiger partial charge is 0.344 e. The van der Waals surface area contributed by atoms with Gasteiger partial charge in [0.05, 0.1) is 51.8 Å². The van der Waals surface area contributed by atoms with E-state index in [9.17, 15) is 47.9 Å². The Hall–Kier alpha value is -5.34. The first-order valence-corrected chi connectivity index (χ1v) is 30.4. The second-order valence-electron chi connectivity index (χ2n) is 28.4. The molecule has 6 saturated carbocycles. The second kappa shape index (κ2) is 22.5. The van der Waals surface area contributed by atoms with E-state index in [-0.39, 0.29) is 163 Å². The van der Waals surface area contributed by atoms with Crippen molar-refractivity contribution in [3.63, 3.8) is 0 Å². The summed E-state index contributed by atoms with van der Waals surface area (Å²) in [7, 11) is 0. The molecule has 462 valence electrons. The third-order valence-electron chi connectivity index (χ3n) is 21.8. The highest BCUT2D eigenvalue weighted by Gasteiger charge is 2.72. The van der Waals surface area contributed by atoms with Crippen molar-refractivity contribution in [3.8, 4) is 0 Å². The van der Waals surface area contributed by atoms with Crippen LogP contribution in [0.2, 0.25) is 0 Å². The van der Waals surface area contributed by atoms with Gasteiger partial charge in [-0.3, -0.25) is 43.2 Å². The molecular weight excluding hydrogens is 1080 g/mol. The molecule has 83 heavy (non-hydrogen) atoms. The van der Waals surface area contributed by atoms with Gasteiger partial charge in [0.1, 0.15) is 54.9 Å². The summed E-state index contributed by atoms with van der Waals surface area (Å²) < 4.78 is 60.0. The fraction of sp³-hybridized carbons (Fsp3) is 0.839. The lowest BCUT2D eigenvalue weighted by atomic mass is 9.79. The maximum absolute atomic E-state index is 12.3. The van der Waals surface area contributed by atoms with Gasteiger partial charge in [-0.25, -0.2) is 4.79 Å². The molecule has 20 atom stereocenters. The molecule has 0 aromatic carbocycles. The SMILES string of the molecule is CCC(C)(C)C(=O)OC1(C)C2CC3C(=O)OC1C3C2.CCC(C)(C)C(=O)OC1(C)C2CC3C(=O)OC1C3O2.CCC(C)(C)C(=O)OCC(=O)OC1C2CC3C(=O)OC1C3C2.CCC(C)(C)C(=O)OCCC(=O)OC1C2CC3C(=O)OC1C3C2. The van der Waals surface area contributed by atoms with Gasteiger partial charge in [-0.2, -0.15) is 0 Å². The first-order chi connectivity index (χ1) is 38.7. The van der Waals surface area contributed by atoms with Crippen molar-refractivity contribution in [2.24, 2.45) is 80.8 Å². The van der Waals surface area contributed by atoms with Gasteiger partial charge in [0, 0.05) is 35.5 Å². The molecule has 6 aliphatic carbocycles. The Kier molecular flexibility index (Phi) is 16.9. The number of esters is 10. The van der Waals surface area contributed by atoms with Gasteiger partial charge in [0.15, 0.2) is 18.3 Å². The third kappa shape index (κ3) is 11.2. The fourth-order valence-corrected chi connectivity index (χ4v) is 14.5. The minimum absolute atomic E-state index is 0.00636. The van der Waals surface area contributed by atoms with Gasteiger partial charge in [-0.1, -0.05) is 27.7 Å². The topological polar surface area (TPSA) is 272 Å². The highest BCUT2D eigenvalue weighted by atomic mass is 16.7. The predicted octanol–water partition coefficient (Wildman–Crippen LogP) is 7.05. The Bertz CT molecular complexity index is 2540. The van der Waals surface area contributed by atoms with Crippen molar-refractivity contribution < 1.29 is 100 Å². The summed E-state index contributed by atoms with van der Waals surface area (Å²) in [6, 6.07) is 0. The average molecular weight is 1170 g/mol. The molecule has 0 radical (unpaired) electrons. The zero-order valence-electron chi connectivity index (χ0n) is 50.9. The molecule has 0 amide bonds. The first kappa shape index (κ1) is 62.2. The van der Waals surface area contributed by atoms with E-state index >= 15 is 0 Å². The van der Waals surface area contributed by atoms with Crippen LogP contribution in [-0.2, 0) is 100 Å². The van der Waals surface area contributed by atoms with E-state index in [1.807, 2.05) is 83.1 Å². The van der Waals surface area contributed by atoms with E-state index in [1.165, 1.54) is 0 Å². The number of hydrogen-bond donors (Lipinski definition) is 0. The van der Waals surface area contributed by atoms with E-state index in [2.05, 4.69) is 0 Å². The lowest BCUT2D eigenvalue weighted by Gasteiger charge is -2.38. The van der Waals surface area contributed by atoms with E-state index in [4.69, 9.17) is 52.1 Å². The van der Waals surface area contributed by atoms with Crippen molar-refractivity contribution in [3.05, 3.63) is 0 Å². The third-order valence-corrected chi connectivity index (χ3v) is 21.8. The number of fused-ring (bicyclic) bond motifs is 4. The van der Waals surface area contributed by atoms with Crippen molar-refractivity contribution in [1.29, 1.82) is 0 Å². The van der Waals surface area contributed by atoms with Gasteiger partial charge in [-0.15, -0.1) is 0 Å². The van der Waals surface area contributed by atoms with Crippen LogP contribution in [0.5, 0.6) is 0 Å². The van der Waals surface area contributed by atoms with Gasteiger partial charge >= 0.3 is 59.7 Å². The Morgan fingerprint density at radius 1 is 0.470 bits per heavy atom. The Morgan fingerprint density at radius 2 is 0.904 bits per heavy atom. The first-order valence-electron chi connectivity index (χ1n) is 30.4. The molecule has 12 rings (SSSR count). The van der Waals surface area contributed by atoms with Crippen molar-refractivity contribution in [2.75, 3.05) is 13.2 Å². The highest BCUT2D eigenvalue weighted by Crippen LogP contribution is 2.61. The number of carbonyl (C=O) groups is 10. The van der Waals surface area contributed by atoms with Crippen LogP contribution in [-0.4, -0.2) is 133 Å². The van der Waals surface area contributed by atoms with Gasteiger partial charge in [-0.05, 0) is 140 Å². The van der Waals surface area contributed by atoms with Crippen LogP contribution in [0.1, 0.15) is 174 Å². The number of hydrogen-bond acceptors (Lipinski definition) is 21. The molecule has 12 aliphatic rings. The number of ether oxygens (including phenoxy) is 11. The number of rotatable bonds is 17. The molecule has 12 fully saturated rings. The molecule has 21 heteroatoms. The lowest BCUT2D eigenvalue weighted by molar-refractivity contribution is -0.188. The molecule has 0 aromatic rings. The second-order valence-corrected chi connectivity index (χ2v) is 28.4. The molecule has 20 unspecified atom stereocenters. The predicted molar refractivity (Wildman–Crippen MR) is 287 cm³/mol. The Balaban J connectivity index is 0.000000133. The molecule has 0 spiro atoms. The molecular formula is C62H88O21. The van der Waals surface area contributed by atoms with Crippen LogP contribution < -0.4 is 0 Å². The minimum atomic E-state index is -0.836. The van der Waals surface area contributed by atoms with Crippen LogP contribution >= 0.6 is 0 Å². The summed E-state index contributed by atoms with van der Waals surface area (Å²) in [6.07, 6.45) is 6.02. The monoisotopic (exact) mass is 1170 g/mol. The Labute approximate surface area is 486 Å². The maximum atomic E-state index is 12.3. The highest BCUT2D eigenvalue weighted by molar-refractivity contribution is 5.82. The standard InChI is InChI=1S/C17H24O6.C16H22O6.C15H22O4.C14H20O5/c1-4-17(2,3)16(20)21-6-5-12(18)22-13-9-7-10-11(8-9)15(19)23-14(10)13;1-4-16(2,3)15(19)20-7-11(17)21-12-8-5-9-10(6-8)14(18)22-13(9)12;1-5-14(2,3)13(17)19-15(4)8-6-9-10(7-8)12(16)18-11(9)15;1-5-13(2,3)12(16)19-14(4)8-6-7-9(17-8)10(14)18-11(7)15/h9-11,13-14H,4-8H2,1-3H3;8-10,12-13H,4-7H2,1-3H3;8-11H,5-7H2,1-4H3;7-10H,5-6H2,1-4H3. The minimum Gasteiger partial charge on any atom is -0.465 e. The number of carbonyl (C=O) groups excluding carboxylic acids is 10. The van der Waals surface area contributed by atoms with Crippen LogP contribution in [0.25, 0.3) is 0 Å². The van der Waals surface area contributed by atoms with Crippen LogP contribution in [0.4, 0.5) is 0 Å². The normalized spacial score (nSPS) is 38.8. The maximum Gasteiger partial charge on any atom is 0.344 e. The molecule has 6 aliphatic heterocycles. The van der Waals surface area contributed by atoms with Crippen LogP contribution in [0, 0.1) is 80.8 Å². The Morgan fingerprint density at radius 3 is 1.42 bits per heavy atom. The molecule has 6 heterocycles. The summed E-state index contributed by atoms with van der Waals surface area (Å²) in [4.78, 5) is 119. The quantitative estimate of drug-likeness (QED) is 0.104. The summed E-state index contributed by atoms with van der Waals surface area (Å²) in [5.74, 6) is -1.46. The molecule has 0 N–H and O–H groups in total. The van der Waals surface area contributed by atoms with E-state index < -0.39 is 56.9 Å². The summed E-state index contributed by atoms with van der Waals surface area (Å²) in [5.41, 5.74) is -3.62. The van der Waals surface area contributed by atoms with Crippen molar-refractivity contribution in [1.82, 2.24) is 0 Å². The molecule has 0 aromatic heterocycles.